The Morgan fingerprint density at radius 1 is 1.43 bits per heavy atom. The summed E-state index contributed by atoms with van der Waals surface area (Å²) >= 11 is 1.63. The van der Waals surface area contributed by atoms with Crippen molar-refractivity contribution in [1.82, 2.24) is 19.9 Å². The molecule has 3 heterocycles. The smallest absolute Gasteiger partial charge is 0.250 e. The molecule has 112 valence electrons. The molecular weight excluding hydrogens is 288 g/mol. The molecule has 2 aromatic rings. The number of nitrogens with one attached hydrogen (secondary N) is 1. The van der Waals surface area contributed by atoms with Gasteiger partial charge in [-0.05, 0) is 12.8 Å². The highest BCUT2D eigenvalue weighted by atomic mass is 32.1. The molecule has 2 aromatic heterocycles. The number of H-pyrrole nitrogens is 1. The predicted molar refractivity (Wildman–Crippen MR) is 80.3 cm³/mol. The van der Waals surface area contributed by atoms with Crippen molar-refractivity contribution in [3.63, 3.8) is 0 Å². The van der Waals surface area contributed by atoms with Crippen LogP contribution >= 0.6 is 11.3 Å². The second kappa shape index (κ2) is 6.93. The van der Waals surface area contributed by atoms with Crippen molar-refractivity contribution in [2.75, 3.05) is 19.7 Å². The number of nitrogens with zero attached hydrogens (tertiary/aromatic N) is 3. The standard InChI is InChI=1S/C14H18N4O2S/c19-14-5-11(15-9-16-14)1-2-13-7-18(3-4-20-13)6-12-8-21-10-17-12/h5,8-10,13H,1-4,6-7H2,(H,15,16,19). The Morgan fingerprint density at radius 3 is 3.19 bits per heavy atom. The zero-order valence-electron chi connectivity index (χ0n) is 11.7. The first-order chi connectivity index (χ1) is 10.3. The summed E-state index contributed by atoms with van der Waals surface area (Å²) in [6.45, 7) is 3.47. The van der Waals surface area contributed by atoms with Gasteiger partial charge >= 0.3 is 0 Å². The lowest BCUT2D eigenvalue weighted by Crippen LogP contribution is -2.42. The molecule has 0 spiro atoms. The van der Waals surface area contributed by atoms with Crippen LogP contribution in [-0.2, 0) is 17.7 Å². The number of thiazole rings is 1. The van der Waals surface area contributed by atoms with Crippen LogP contribution in [0.15, 0.2) is 28.1 Å². The molecule has 21 heavy (non-hydrogen) atoms. The molecule has 0 bridgehead atoms. The van der Waals surface area contributed by atoms with Crippen molar-refractivity contribution >= 4 is 11.3 Å². The Morgan fingerprint density at radius 2 is 2.38 bits per heavy atom. The molecule has 3 rings (SSSR count). The maximum atomic E-state index is 11.2. The first-order valence-electron chi connectivity index (χ1n) is 7.04. The number of aromatic amines is 1. The Hall–Kier alpha value is -1.57. The van der Waals surface area contributed by atoms with E-state index in [0.29, 0.717) is 0 Å². The molecular formula is C14H18N4O2S. The number of aromatic nitrogens is 3. The van der Waals surface area contributed by atoms with E-state index in [1.807, 2.05) is 5.51 Å². The molecule has 0 aromatic carbocycles. The van der Waals surface area contributed by atoms with Crippen LogP contribution in [0.1, 0.15) is 17.8 Å². The molecule has 0 radical (unpaired) electrons. The molecule has 0 saturated carbocycles. The quantitative estimate of drug-likeness (QED) is 0.894. The second-order valence-corrected chi connectivity index (χ2v) is 5.87. The summed E-state index contributed by atoms with van der Waals surface area (Å²) in [6.07, 6.45) is 3.29. The van der Waals surface area contributed by atoms with Crippen LogP contribution in [0, 0.1) is 0 Å². The van der Waals surface area contributed by atoms with Gasteiger partial charge in [0.2, 0.25) is 0 Å². The van der Waals surface area contributed by atoms with Crippen molar-refractivity contribution in [1.29, 1.82) is 0 Å². The Balaban J connectivity index is 1.50. The van der Waals surface area contributed by atoms with Gasteiger partial charge < -0.3 is 9.72 Å². The number of rotatable bonds is 5. The van der Waals surface area contributed by atoms with Crippen LogP contribution in [0.2, 0.25) is 0 Å². The van der Waals surface area contributed by atoms with Crippen LogP contribution < -0.4 is 5.56 Å². The lowest BCUT2D eigenvalue weighted by molar-refractivity contribution is -0.0349. The normalized spacial score (nSPS) is 19.7. The second-order valence-electron chi connectivity index (χ2n) is 5.15. The highest BCUT2D eigenvalue weighted by Crippen LogP contribution is 2.14. The van der Waals surface area contributed by atoms with Crippen LogP contribution in [-0.4, -0.2) is 45.7 Å². The first-order valence-corrected chi connectivity index (χ1v) is 7.98. The average Bonchev–Trinajstić information content (AvgIpc) is 2.99. The van der Waals surface area contributed by atoms with Crippen molar-refractivity contribution in [2.24, 2.45) is 0 Å². The van der Waals surface area contributed by atoms with E-state index in [9.17, 15) is 4.79 Å². The summed E-state index contributed by atoms with van der Waals surface area (Å²) in [5.74, 6) is 0. The third-order valence-electron chi connectivity index (χ3n) is 3.55. The van der Waals surface area contributed by atoms with E-state index in [0.717, 1.165) is 50.5 Å². The van der Waals surface area contributed by atoms with E-state index >= 15 is 0 Å². The van der Waals surface area contributed by atoms with Gasteiger partial charge in [-0.15, -0.1) is 11.3 Å². The molecule has 1 aliphatic heterocycles. The van der Waals surface area contributed by atoms with Gasteiger partial charge in [-0.3, -0.25) is 9.69 Å². The molecule has 1 unspecified atom stereocenters. The molecule has 1 saturated heterocycles. The molecule has 1 fully saturated rings. The minimum Gasteiger partial charge on any atom is -0.376 e. The van der Waals surface area contributed by atoms with E-state index < -0.39 is 0 Å². The largest absolute Gasteiger partial charge is 0.376 e. The van der Waals surface area contributed by atoms with Crippen LogP contribution in [0.5, 0.6) is 0 Å². The first kappa shape index (κ1) is 14.4. The van der Waals surface area contributed by atoms with Gasteiger partial charge in [-0.1, -0.05) is 0 Å². The number of ether oxygens (including phenoxy) is 1. The number of morpholine rings is 1. The summed E-state index contributed by atoms with van der Waals surface area (Å²) in [6, 6.07) is 1.55. The van der Waals surface area contributed by atoms with E-state index in [2.05, 4.69) is 25.2 Å². The number of aryl methyl sites for hydroxylation is 1. The molecule has 0 amide bonds. The SMILES string of the molecule is O=c1cc(CCC2CN(Cc3cscn3)CCO2)nc[nH]1. The zero-order chi connectivity index (χ0) is 14.5. The van der Waals surface area contributed by atoms with E-state index in [-0.39, 0.29) is 11.7 Å². The molecule has 1 atom stereocenters. The van der Waals surface area contributed by atoms with E-state index in [1.54, 1.807) is 17.4 Å². The zero-order valence-corrected chi connectivity index (χ0v) is 12.5. The monoisotopic (exact) mass is 306 g/mol. The Kier molecular flexibility index (Phi) is 4.74. The highest BCUT2D eigenvalue weighted by Gasteiger charge is 2.21. The van der Waals surface area contributed by atoms with Crippen molar-refractivity contribution in [3.05, 3.63) is 45.0 Å². The summed E-state index contributed by atoms with van der Waals surface area (Å²) in [5, 5.41) is 2.09. The lowest BCUT2D eigenvalue weighted by Gasteiger charge is -2.32. The van der Waals surface area contributed by atoms with Gasteiger partial charge in [-0.2, -0.15) is 0 Å². The third kappa shape index (κ3) is 4.20. The molecule has 1 N–H and O–H groups in total. The van der Waals surface area contributed by atoms with E-state index in [4.69, 9.17) is 4.74 Å². The Bertz CT molecular complexity index is 613. The highest BCUT2D eigenvalue weighted by molar-refractivity contribution is 7.07. The third-order valence-corrected chi connectivity index (χ3v) is 4.18. The molecule has 0 aliphatic carbocycles. The fourth-order valence-corrected chi connectivity index (χ4v) is 3.05. The fraction of sp³-hybridized carbons (Fsp3) is 0.500. The number of hydrogen-bond acceptors (Lipinski definition) is 6. The lowest BCUT2D eigenvalue weighted by atomic mass is 10.1. The van der Waals surface area contributed by atoms with Gasteiger partial charge in [-0.25, -0.2) is 9.97 Å². The topological polar surface area (TPSA) is 71.1 Å². The summed E-state index contributed by atoms with van der Waals surface area (Å²) < 4.78 is 5.81. The van der Waals surface area contributed by atoms with Gasteiger partial charge in [0.1, 0.15) is 0 Å². The average molecular weight is 306 g/mol. The minimum atomic E-state index is -0.102. The van der Waals surface area contributed by atoms with E-state index in [1.165, 1.54) is 6.33 Å². The Labute approximate surface area is 126 Å². The van der Waals surface area contributed by atoms with Gasteiger partial charge in [0.15, 0.2) is 0 Å². The van der Waals surface area contributed by atoms with Crippen molar-refractivity contribution in [3.8, 4) is 0 Å². The predicted octanol–water partition coefficient (Wildman–Crippen LogP) is 1.06. The maximum absolute atomic E-state index is 11.2. The molecule has 7 heteroatoms. The van der Waals surface area contributed by atoms with Gasteiger partial charge in [0.05, 0.1) is 30.2 Å². The van der Waals surface area contributed by atoms with Crippen LogP contribution in [0.3, 0.4) is 0 Å². The molecule has 6 nitrogen and oxygen atoms in total. The summed E-state index contributed by atoms with van der Waals surface area (Å²) in [5.41, 5.74) is 3.71. The summed E-state index contributed by atoms with van der Waals surface area (Å²) in [4.78, 5) is 24.6. The number of hydrogen-bond donors (Lipinski definition) is 1. The van der Waals surface area contributed by atoms with Crippen molar-refractivity contribution < 1.29 is 4.74 Å². The molecule has 1 aliphatic rings. The fourth-order valence-electron chi connectivity index (χ4n) is 2.50. The maximum Gasteiger partial charge on any atom is 0.250 e. The van der Waals surface area contributed by atoms with Gasteiger partial charge in [0.25, 0.3) is 5.56 Å². The van der Waals surface area contributed by atoms with Crippen LogP contribution in [0.25, 0.3) is 0 Å². The van der Waals surface area contributed by atoms with Crippen molar-refractivity contribution in [2.45, 2.75) is 25.5 Å². The summed E-state index contributed by atoms with van der Waals surface area (Å²) in [7, 11) is 0. The minimum absolute atomic E-state index is 0.102. The van der Waals surface area contributed by atoms with Crippen LogP contribution in [0.4, 0.5) is 0 Å². The van der Waals surface area contributed by atoms with Gasteiger partial charge in [0, 0.05) is 36.8 Å².